The van der Waals surface area contributed by atoms with E-state index in [-0.39, 0.29) is 12.3 Å². The van der Waals surface area contributed by atoms with E-state index in [0.717, 1.165) is 36.3 Å². The number of unbranched alkanes of at least 4 members (excludes halogenated alkanes) is 8. The third-order valence-corrected chi connectivity index (χ3v) is 10.1. The Hall–Kier alpha value is -1.41. The number of aliphatic hydroxyl groups excluding tert-OH is 2. The molecule has 0 aliphatic heterocycles. The van der Waals surface area contributed by atoms with Crippen LogP contribution in [0.25, 0.3) is 0 Å². The van der Waals surface area contributed by atoms with Crippen LogP contribution in [0.2, 0.25) is 0 Å². The largest absolute Gasteiger partial charge is 0.396 e. The van der Waals surface area contributed by atoms with Gasteiger partial charge in [0.1, 0.15) is 7.14 Å². The van der Waals surface area contributed by atoms with Crippen LogP contribution in [0.15, 0.2) is 60.7 Å². The van der Waals surface area contributed by atoms with Crippen molar-refractivity contribution in [2.75, 3.05) is 6.61 Å². The van der Waals surface area contributed by atoms with E-state index in [0.29, 0.717) is 12.8 Å². The van der Waals surface area contributed by atoms with Gasteiger partial charge in [-0.3, -0.25) is 0 Å². The first kappa shape index (κ1) is 26.8. The van der Waals surface area contributed by atoms with Gasteiger partial charge in [0.05, 0.1) is 6.10 Å². The van der Waals surface area contributed by atoms with Gasteiger partial charge in [0, 0.05) is 22.9 Å². The molecule has 0 bridgehead atoms. The normalized spacial score (nSPS) is 13.7. The summed E-state index contributed by atoms with van der Waals surface area (Å²) in [4.78, 5) is 0. The Morgan fingerprint density at radius 3 is 1.66 bits per heavy atom. The van der Waals surface area contributed by atoms with Crippen LogP contribution in [0.3, 0.4) is 0 Å². The molecule has 0 aromatic heterocycles. The van der Waals surface area contributed by atoms with E-state index >= 15 is 0 Å². The molecule has 2 atom stereocenters. The molecule has 2 rings (SSSR count). The summed E-state index contributed by atoms with van der Waals surface area (Å²) in [5, 5.41) is 22.1. The summed E-state index contributed by atoms with van der Waals surface area (Å²) in [6.45, 7) is 2.37. The molecule has 4 heteroatoms. The van der Waals surface area contributed by atoms with Crippen LogP contribution in [0, 0.1) is 0 Å². The second kappa shape index (κ2) is 15.4. The van der Waals surface area contributed by atoms with Gasteiger partial charge < -0.3 is 14.8 Å². The van der Waals surface area contributed by atoms with Crippen molar-refractivity contribution in [1.29, 1.82) is 0 Å². The number of aliphatic hydroxyl groups is 2. The SMILES string of the molecule is CCCCCCCCCCC(C(O)CCCCO)P(=O)(c1ccccc1)c1ccccc1. The lowest BCUT2D eigenvalue weighted by Gasteiger charge is -2.32. The zero-order chi connectivity index (χ0) is 23.1. The van der Waals surface area contributed by atoms with Crippen molar-refractivity contribution in [2.24, 2.45) is 0 Å². The van der Waals surface area contributed by atoms with Gasteiger partial charge in [0.25, 0.3) is 0 Å². The molecule has 178 valence electrons. The van der Waals surface area contributed by atoms with E-state index in [1.807, 2.05) is 60.7 Å². The van der Waals surface area contributed by atoms with Gasteiger partial charge in [-0.1, -0.05) is 119 Å². The predicted octanol–water partition coefficient (Wildman–Crippen LogP) is 6.42. The molecule has 0 fully saturated rings. The zero-order valence-corrected chi connectivity index (χ0v) is 20.8. The molecule has 2 aromatic rings. The third kappa shape index (κ3) is 8.18. The van der Waals surface area contributed by atoms with Crippen LogP contribution in [-0.4, -0.2) is 28.6 Å². The maximum atomic E-state index is 14.8. The monoisotopic (exact) mass is 458 g/mol. The first-order valence-corrected chi connectivity index (χ1v) is 14.4. The van der Waals surface area contributed by atoms with Gasteiger partial charge in [-0.25, -0.2) is 0 Å². The molecule has 2 unspecified atom stereocenters. The Morgan fingerprint density at radius 1 is 0.688 bits per heavy atom. The fourth-order valence-corrected chi connectivity index (χ4v) is 8.07. The van der Waals surface area contributed by atoms with Gasteiger partial charge in [-0.05, 0) is 25.7 Å². The maximum Gasteiger partial charge on any atom is 0.148 e. The molecule has 32 heavy (non-hydrogen) atoms. The van der Waals surface area contributed by atoms with Gasteiger partial charge >= 0.3 is 0 Å². The van der Waals surface area contributed by atoms with E-state index < -0.39 is 13.2 Å². The molecule has 0 spiro atoms. The molecular formula is C28H43O3P. The quantitative estimate of drug-likeness (QED) is 0.212. The van der Waals surface area contributed by atoms with E-state index in [1.54, 1.807) is 0 Å². The van der Waals surface area contributed by atoms with Crippen LogP contribution < -0.4 is 10.6 Å². The fraction of sp³-hybridized carbons (Fsp3) is 0.571. The summed E-state index contributed by atoms with van der Waals surface area (Å²) in [6.07, 6.45) is 11.9. The minimum absolute atomic E-state index is 0.129. The van der Waals surface area contributed by atoms with E-state index in [1.165, 1.54) is 38.5 Å². The van der Waals surface area contributed by atoms with Crippen molar-refractivity contribution in [3.8, 4) is 0 Å². The van der Waals surface area contributed by atoms with Gasteiger partial charge in [0.15, 0.2) is 0 Å². The minimum atomic E-state index is -3.02. The Labute approximate surface area is 195 Å². The molecule has 2 aromatic carbocycles. The van der Waals surface area contributed by atoms with Crippen LogP contribution in [0.1, 0.15) is 84.0 Å². The number of hydrogen-bond donors (Lipinski definition) is 2. The molecule has 0 saturated carbocycles. The van der Waals surface area contributed by atoms with Gasteiger partial charge in [0.2, 0.25) is 0 Å². The zero-order valence-electron chi connectivity index (χ0n) is 19.9. The molecular weight excluding hydrogens is 415 g/mol. The smallest absolute Gasteiger partial charge is 0.148 e. The minimum Gasteiger partial charge on any atom is -0.396 e. The standard InChI is InChI=1S/C28H43O3P/c1-2-3-4-5-6-7-8-15-23-28(27(30)22-16-17-24-29)32(31,25-18-11-9-12-19-25)26-20-13-10-14-21-26/h9-14,18-21,27-30H,2-8,15-17,22-24H2,1H3. The van der Waals surface area contributed by atoms with Crippen molar-refractivity contribution >= 4 is 17.8 Å². The molecule has 0 heterocycles. The maximum absolute atomic E-state index is 14.8. The highest BCUT2D eigenvalue weighted by Gasteiger charge is 2.40. The van der Waals surface area contributed by atoms with Crippen molar-refractivity contribution in [3.63, 3.8) is 0 Å². The number of hydrogen-bond acceptors (Lipinski definition) is 3. The molecule has 0 aliphatic rings. The summed E-state index contributed by atoms with van der Waals surface area (Å²) in [5.74, 6) is 0. The van der Waals surface area contributed by atoms with E-state index in [2.05, 4.69) is 6.92 Å². The van der Waals surface area contributed by atoms with Gasteiger partial charge in [-0.15, -0.1) is 0 Å². The Bertz CT molecular complexity index is 719. The van der Waals surface area contributed by atoms with Gasteiger partial charge in [-0.2, -0.15) is 0 Å². The Morgan fingerprint density at radius 2 is 1.16 bits per heavy atom. The average Bonchev–Trinajstić information content (AvgIpc) is 2.84. The average molecular weight is 459 g/mol. The second-order valence-corrected chi connectivity index (χ2v) is 12.0. The van der Waals surface area contributed by atoms with Crippen molar-refractivity contribution < 1.29 is 14.8 Å². The van der Waals surface area contributed by atoms with Crippen LogP contribution in [0.4, 0.5) is 0 Å². The fourth-order valence-electron chi connectivity index (χ4n) is 4.59. The summed E-state index contributed by atoms with van der Waals surface area (Å²) in [6, 6.07) is 19.5. The molecule has 0 aliphatic carbocycles. The molecule has 0 radical (unpaired) electrons. The molecule has 0 amide bonds. The lowest BCUT2D eigenvalue weighted by molar-refractivity contribution is 0.147. The molecule has 0 saturated heterocycles. The van der Waals surface area contributed by atoms with Crippen LogP contribution in [-0.2, 0) is 4.57 Å². The predicted molar refractivity (Wildman–Crippen MR) is 138 cm³/mol. The van der Waals surface area contributed by atoms with E-state index in [4.69, 9.17) is 0 Å². The van der Waals surface area contributed by atoms with Crippen LogP contribution in [0.5, 0.6) is 0 Å². The van der Waals surface area contributed by atoms with Crippen molar-refractivity contribution in [1.82, 2.24) is 0 Å². The van der Waals surface area contributed by atoms with E-state index in [9.17, 15) is 14.8 Å². The summed E-state index contributed by atoms with van der Waals surface area (Å²) in [5.41, 5.74) is -0.300. The second-order valence-electron chi connectivity index (χ2n) is 8.95. The molecule has 3 nitrogen and oxygen atoms in total. The third-order valence-electron chi connectivity index (χ3n) is 6.45. The first-order chi connectivity index (χ1) is 15.6. The molecule has 2 N–H and O–H groups in total. The lowest BCUT2D eigenvalue weighted by atomic mass is 10.0. The number of rotatable bonds is 17. The Kier molecular flexibility index (Phi) is 12.9. The summed E-state index contributed by atoms with van der Waals surface area (Å²) >= 11 is 0. The Balaban J connectivity index is 2.19. The van der Waals surface area contributed by atoms with Crippen molar-refractivity contribution in [2.45, 2.75) is 95.7 Å². The summed E-state index contributed by atoms with van der Waals surface area (Å²) in [7, 11) is -3.02. The topological polar surface area (TPSA) is 57.5 Å². The first-order valence-electron chi connectivity index (χ1n) is 12.6. The van der Waals surface area contributed by atoms with Crippen LogP contribution >= 0.6 is 7.14 Å². The highest BCUT2D eigenvalue weighted by atomic mass is 31.2. The highest BCUT2D eigenvalue weighted by Crippen LogP contribution is 2.52. The number of benzene rings is 2. The highest BCUT2D eigenvalue weighted by molar-refractivity contribution is 7.79. The summed E-state index contributed by atoms with van der Waals surface area (Å²) < 4.78 is 14.8. The van der Waals surface area contributed by atoms with Crippen molar-refractivity contribution in [3.05, 3.63) is 60.7 Å². The lowest BCUT2D eigenvalue weighted by Crippen LogP contribution is -2.35.